The van der Waals surface area contributed by atoms with Gasteiger partial charge >= 0.3 is 5.97 Å². The maximum Gasteiger partial charge on any atom is 0.307 e. The first kappa shape index (κ1) is 11.6. The summed E-state index contributed by atoms with van der Waals surface area (Å²) in [4.78, 5) is 10.2. The summed E-state index contributed by atoms with van der Waals surface area (Å²) >= 11 is 0. The SMILES string of the molecule is CCO.O=C(O)Cc1ccccc1. The molecule has 1 aromatic rings. The summed E-state index contributed by atoms with van der Waals surface area (Å²) in [6, 6.07) is 9.13. The highest BCUT2D eigenvalue weighted by Crippen LogP contribution is 1.98. The van der Waals surface area contributed by atoms with Gasteiger partial charge in [-0.3, -0.25) is 4.79 Å². The van der Waals surface area contributed by atoms with E-state index in [1.807, 2.05) is 18.2 Å². The molecule has 0 heterocycles. The van der Waals surface area contributed by atoms with E-state index in [0.717, 1.165) is 5.56 Å². The number of hydrogen-bond acceptors (Lipinski definition) is 2. The van der Waals surface area contributed by atoms with Crippen LogP contribution in [0.4, 0.5) is 0 Å². The molecule has 13 heavy (non-hydrogen) atoms. The van der Waals surface area contributed by atoms with Crippen LogP contribution in [0.3, 0.4) is 0 Å². The van der Waals surface area contributed by atoms with Crippen molar-refractivity contribution in [1.82, 2.24) is 0 Å². The standard InChI is InChI=1S/C8H8O2.C2H6O/c9-8(10)6-7-4-2-1-3-5-7;1-2-3/h1-5H,6H2,(H,9,10);3H,2H2,1H3. The molecule has 0 aliphatic carbocycles. The first-order valence-electron chi connectivity index (χ1n) is 4.07. The van der Waals surface area contributed by atoms with Gasteiger partial charge < -0.3 is 10.2 Å². The molecule has 0 aromatic heterocycles. The van der Waals surface area contributed by atoms with Crippen molar-refractivity contribution < 1.29 is 15.0 Å². The van der Waals surface area contributed by atoms with Crippen LogP contribution in [0.25, 0.3) is 0 Å². The van der Waals surface area contributed by atoms with Gasteiger partial charge in [0, 0.05) is 6.61 Å². The molecule has 1 aromatic carbocycles. The lowest BCUT2D eigenvalue weighted by atomic mass is 10.2. The zero-order valence-corrected chi connectivity index (χ0v) is 7.60. The minimum Gasteiger partial charge on any atom is -0.481 e. The van der Waals surface area contributed by atoms with Crippen molar-refractivity contribution in [2.24, 2.45) is 0 Å². The molecule has 72 valence electrons. The van der Waals surface area contributed by atoms with Crippen LogP contribution >= 0.6 is 0 Å². The van der Waals surface area contributed by atoms with Gasteiger partial charge in [-0.05, 0) is 12.5 Å². The van der Waals surface area contributed by atoms with Crippen LogP contribution in [0.15, 0.2) is 30.3 Å². The molecule has 0 aliphatic heterocycles. The van der Waals surface area contributed by atoms with E-state index in [-0.39, 0.29) is 13.0 Å². The number of aliphatic hydroxyl groups is 1. The Labute approximate surface area is 77.6 Å². The Balaban J connectivity index is 0.000000424. The Morgan fingerprint density at radius 3 is 2.15 bits per heavy atom. The lowest BCUT2D eigenvalue weighted by Crippen LogP contribution is -1.98. The molecule has 0 bridgehead atoms. The fourth-order valence-electron chi connectivity index (χ4n) is 0.770. The maximum absolute atomic E-state index is 10.2. The number of aliphatic hydroxyl groups excluding tert-OH is 1. The first-order chi connectivity index (χ1) is 6.20. The lowest BCUT2D eigenvalue weighted by Gasteiger charge is -1.92. The fraction of sp³-hybridized carbons (Fsp3) is 0.300. The quantitative estimate of drug-likeness (QED) is 0.725. The molecule has 0 aliphatic rings. The molecular formula is C10H14O3. The van der Waals surface area contributed by atoms with Gasteiger partial charge in [0.05, 0.1) is 6.42 Å². The Morgan fingerprint density at radius 1 is 1.31 bits per heavy atom. The Kier molecular flexibility index (Phi) is 6.55. The third kappa shape index (κ3) is 7.03. The van der Waals surface area contributed by atoms with Gasteiger partial charge in [0.25, 0.3) is 0 Å². The second-order valence-corrected chi connectivity index (χ2v) is 2.37. The third-order valence-corrected chi connectivity index (χ3v) is 1.20. The van der Waals surface area contributed by atoms with Crippen molar-refractivity contribution in [2.75, 3.05) is 6.61 Å². The zero-order chi connectivity index (χ0) is 10.1. The number of carbonyl (C=O) groups is 1. The lowest BCUT2D eigenvalue weighted by molar-refractivity contribution is -0.136. The predicted molar refractivity (Wildman–Crippen MR) is 50.5 cm³/mol. The van der Waals surface area contributed by atoms with Crippen LogP contribution in [-0.2, 0) is 11.2 Å². The van der Waals surface area contributed by atoms with Crippen molar-refractivity contribution in [3.05, 3.63) is 35.9 Å². The summed E-state index contributed by atoms with van der Waals surface area (Å²) in [7, 11) is 0. The summed E-state index contributed by atoms with van der Waals surface area (Å²) < 4.78 is 0. The van der Waals surface area contributed by atoms with Crippen molar-refractivity contribution in [1.29, 1.82) is 0 Å². The minimum atomic E-state index is -0.786. The molecule has 0 spiro atoms. The van der Waals surface area contributed by atoms with Crippen LogP contribution in [0.2, 0.25) is 0 Å². The van der Waals surface area contributed by atoms with E-state index < -0.39 is 5.97 Å². The zero-order valence-electron chi connectivity index (χ0n) is 7.60. The van der Waals surface area contributed by atoms with Crippen LogP contribution < -0.4 is 0 Å². The van der Waals surface area contributed by atoms with Crippen LogP contribution in [-0.4, -0.2) is 22.8 Å². The van der Waals surface area contributed by atoms with E-state index >= 15 is 0 Å². The Morgan fingerprint density at radius 2 is 1.77 bits per heavy atom. The van der Waals surface area contributed by atoms with E-state index in [9.17, 15) is 4.79 Å². The van der Waals surface area contributed by atoms with Gasteiger partial charge in [-0.15, -0.1) is 0 Å². The number of hydrogen-bond donors (Lipinski definition) is 2. The average molecular weight is 182 g/mol. The average Bonchev–Trinajstić information content (AvgIpc) is 2.06. The maximum atomic E-state index is 10.2. The first-order valence-corrected chi connectivity index (χ1v) is 4.07. The summed E-state index contributed by atoms with van der Waals surface area (Å²) in [5, 5.41) is 15.9. The van der Waals surface area contributed by atoms with E-state index in [0.29, 0.717) is 0 Å². The van der Waals surface area contributed by atoms with Gasteiger partial charge in [-0.25, -0.2) is 0 Å². The molecule has 0 radical (unpaired) electrons. The molecule has 0 atom stereocenters. The van der Waals surface area contributed by atoms with Crippen molar-refractivity contribution in [2.45, 2.75) is 13.3 Å². The highest BCUT2D eigenvalue weighted by Gasteiger charge is 1.96. The molecule has 0 saturated carbocycles. The fourth-order valence-corrected chi connectivity index (χ4v) is 0.770. The second-order valence-electron chi connectivity index (χ2n) is 2.37. The normalized spacial score (nSPS) is 8.46. The topological polar surface area (TPSA) is 57.5 Å². The third-order valence-electron chi connectivity index (χ3n) is 1.20. The van der Waals surface area contributed by atoms with Crippen LogP contribution in [0, 0.1) is 0 Å². The number of aliphatic carboxylic acids is 1. The largest absolute Gasteiger partial charge is 0.481 e. The molecule has 0 fully saturated rings. The monoisotopic (exact) mass is 182 g/mol. The van der Waals surface area contributed by atoms with Crippen LogP contribution in [0.1, 0.15) is 12.5 Å². The Bertz CT molecular complexity index is 231. The van der Waals surface area contributed by atoms with E-state index in [1.54, 1.807) is 19.1 Å². The molecule has 3 heteroatoms. The highest BCUT2D eigenvalue weighted by molar-refractivity contribution is 5.70. The van der Waals surface area contributed by atoms with Gasteiger partial charge in [0.2, 0.25) is 0 Å². The highest BCUT2D eigenvalue weighted by atomic mass is 16.4. The van der Waals surface area contributed by atoms with Gasteiger partial charge in [-0.2, -0.15) is 0 Å². The Hall–Kier alpha value is -1.35. The van der Waals surface area contributed by atoms with E-state index in [4.69, 9.17) is 10.2 Å². The predicted octanol–water partition coefficient (Wildman–Crippen LogP) is 1.31. The molecule has 3 nitrogen and oxygen atoms in total. The van der Waals surface area contributed by atoms with Crippen LogP contribution in [0.5, 0.6) is 0 Å². The van der Waals surface area contributed by atoms with Crippen molar-refractivity contribution in [3.8, 4) is 0 Å². The summed E-state index contributed by atoms with van der Waals surface area (Å²) in [6.07, 6.45) is 0.112. The molecule has 0 saturated heterocycles. The molecule has 0 unspecified atom stereocenters. The van der Waals surface area contributed by atoms with E-state index in [2.05, 4.69) is 0 Å². The number of benzene rings is 1. The second kappa shape index (κ2) is 7.31. The number of rotatable bonds is 2. The molecule has 1 rings (SSSR count). The van der Waals surface area contributed by atoms with Crippen molar-refractivity contribution in [3.63, 3.8) is 0 Å². The number of carboxylic acids is 1. The molecular weight excluding hydrogens is 168 g/mol. The summed E-state index contributed by atoms with van der Waals surface area (Å²) in [5.74, 6) is -0.786. The van der Waals surface area contributed by atoms with Gasteiger partial charge in [0.1, 0.15) is 0 Å². The van der Waals surface area contributed by atoms with Gasteiger partial charge in [-0.1, -0.05) is 30.3 Å². The van der Waals surface area contributed by atoms with E-state index in [1.165, 1.54) is 0 Å². The van der Waals surface area contributed by atoms with Crippen molar-refractivity contribution >= 4 is 5.97 Å². The number of carboxylic acid groups (broad SMARTS) is 1. The summed E-state index contributed by atoms with van der Waals surface area (Å²) in [5.41, 5.74) is 0.843. The van der Waals surface area contributed by atoms with Gasteiger partial charge in [0.15, 0.2) is 0 Å². The summed E-state index contributed by atoms with van der Waals surface area (Å²) in [6.45, 7) is 1.93. The smallest absolute Gasteiger partial charge is 0.307 e. The molecule has 0 amide bonds. The molecule has 2 N–H and O–H groups in total. The minimum absolute atomic E-state index is 0.112.